The summed E-state index contributed by atoms with van der Waals surface area (Å²) in [6.45, 7) is 10.4. The molecule has 35 heavy (non-hydrogen) atoms. The average Bonchev–Trinajstić information content (AvgIpc) is 3.06. The predicted octanol–water partition coefficient (Wildman–Crippen LogP) is 4.45. The van der Waals surface area contributed by atoms with Crippen LogP contribution in [0.4, 0.5) is 13.6 Å². The minimum absolute atomic E-state index is 0.165. The number of nitrogens with one attached hydrogen (secondary N) is 2. The number of halogens is 2. The molecule has 2 N–H and O–H groups in total. The summed E-state index contributed by atoms with van der Waals surface area (Å²) in [5, 5.41) is 5.46. The van der Waals surface area contributed by atoms with E-state index in [1.54, 1.807) is 58.2 Å². The van der Waals surface area contributed by atoms with Gasteiger partial charge in [0.1, 0.15) is 29.5 Å². The summed E-state index contributed by atoms with van der Waals surface area (Å²) >= 11 is 0. The Labute approximate surface area is 202 Å². The fourth-order valence-corrected chi connectivity index (χ4v) is 3.45. The highest BCUT2D eigenvalue weighted by atomic mass is 19.1. The Hall–Kier alpha value is -3.69. The summed E-state index contributed by atoms with van der Waals surface area (Å²) in [6, 6.07) is 4.90. The van der Waals surface area contributed by atoms with Crippen LogP contribution in [0.15, 0.2) is 30.5 Å². The van der Waals surface area contributed by atoms with Gasteiger partial charge in [-0.25, -0.2) is 18.6 Å². The van der Waals surface area contributed by atoms with E-state index in [0.29, 0.717) is 11.3 Å². The summed E-state index contributed by atoms with van der Waals surface area (Å²) in [5.41, 5.74) is 1.01. The van der Waals surface area contributed by atoms with Crippen molar-refractivity contribution in [1.82, 2.24) is 20.0 Å². The maximum absolute atomic E-state index is 14.0. The van der Waals surface area contributed by atoms with E-state index in [4.69, 9.17) is 9.47 Å². The van der Waals surface area contributed by atoms with Crippen LogP contribution in [-0.2, 0) is 11.3 Å². The SMILES string of the molecule is Cc1cc(OCc2c(F)cccc2F)c2nc(C)c(C(=O)NC(C)CNC(=O)OC(C)(C)C)n2c1. The molecule has 0 aliphatic carbocycles. The number of rotatable bonds is 7. The molecular formula is C25H30F2N4O4. The number of amides is 2. The van der Waals surface area contributed by atoms with E-state index in [0.717, 1.165) is 17.7 Å². The predicted molar refractivity (Wildman–Crippen MR) is 127 cm³/mol. The van der Waals surface area contributed by atoms with Crippen molar-refractivity contribution in [1.29, 1.82) is 0 Å². The van der Waals surface area contributed by atoms with Crippen LogP contribution in [0.3, 0.4) is 0 Å². The topological polar surface area (TPSA) is 94.0 Å². The molecule has 3 rings (SSSR count). The monoisotopic (exact) mass is 488 g/mol. The molecular weight excluding hydrogens is 458 g/mol. The smallest absolute Gasteiger partial charge is 0.407 e. The molecule has 1 aromatic carbocycles. The van der Waals surface area contributed by atoms with Crippen LogP contribution in [0.5, 0.6) is 5.75 Å². The first-order valence-electron chi connectivity index (χ1n) is 11.2. The van der Waals surface area contributed by atoms with Gasteiger partial charge in [0, 0.05) is 18.8 Å². The van der Waals surface area contributed by atoms with Crippen molar-refractivity contribution in [2.24, 2.45) is 0 Å². The number of nitrogens with zero attached hydrogens (tertiary/aromatic N) is 2. The van der Waals surface area contributed by atoms with Crippen LogP contribution in [0.1, 0.15) is 55.0 Å². The van der Waals surface area contributed by atoms with Gasteiger partial charge >= 0.3 is 6.09 Å². The zero-order valence-corrected chi connectivity index (χ0v) is 20.7. The Morgan fingerprint density at radius 1 is 1.17 bits per heavy atom. The molecule has 0 bridgehead atoms. The fourth-order valence-electron chi connectivity index (χ4n) is 3.45. The highest BCUT2D eigenvalue weighted by Gasteiger charge is 2.22. The number of hydrogen-bond acceptors (Lipinski definition) is 5. The van der Waals surface area contributed by atoms with Crippen molar-refractivity contribution in [2.45, 2.75) is 59.8 Å². The second-order valence-corrected chi connectivity index (χ2v) is 9.37. The Balaban J connectivity index is 1.77. The number of benzene rings is 1. The molecule has 3 aromatic rings. The van der Waals surface area contributed by atoms with Crippen molar-refractivity contribution >= 4 is 17.6 Å². The summed E-state index contributed by atoms with van der Waals surface area (Å²) in [4.78, 5) is 29.4. The number of ether oxygens (including phenoxy) is 2. The van der Waals surface area contributed by atoms with E-state index in [2.05, 4.69) is 15.6 Å². The van der Waals surface area contributed by atoms with Crippen molar-refractivity contribution in [3.05, 3.63) is 64.6 Å². The van der Waals surface area contributed by atoms with Gasteiger partial charge in [-0.2, -0.15) is 0 Å². The van der Waals surface area contributed by atoms with Gasteiger partial charge in [-0.3, -0.25) is 9.20 Å². The van der Waals surface area contributed by atoms with Crippen LogP contribution in [0, 0.1) is 25.5 Å². The minimum atomic E-state index is -0.706. The van der Waals surface area contributed by atoms with E-state index >= 15 is 0 Å². The zero-order valence-electron chi connectivity index (χ0n) is 20.7. The largest absolute Gasteiger partial charge is 0.485 e. The van der Waals surface area contributed by atoms with E-state index in [1.165, 1.54) is 6.07 Å². The number of aryl methyl sites for hydroxylation is 2. The first-order chi connectivity index (χ1) is 16.4. The standard InChI is InChI=1S/C25H30F2N4O4/c1-14-10-20(34-13-17-18(26)8-7-9-19(17)27)22-30-16(3)21(31(22)12-14)23(32)29-15(2)11-28-24(33)35-25(4,5)6/h7-10,12,15H,11,13H2,1-6H3,(H,28,33)(H,29,32). The van der Waals surface area contributed by atoms with Crippen LogP contribution in [-0.4, -0.2) is 39.6 Å². The van der Waals surface area contributed by atoms with Gasteiger partial charge < -0.3 is 20.1 Å². The highest BCUT2D eigenvalue weighted by molar-refractivity contribution is 5.95. The van der Waals surface area contributed by atoms with Crippen LogP contribution >= 0.6 is 0 Å². The molecule has 2 amide bonds. The summed E-state index contributed by atoms with van der Waals surface area (Å²) < 4.78 is 40.5. The van der Waals surface area contributed by atoms with Gasteiger partial charge in [0.15, 0.2) is 11.4 Å². The number of aromatic nitrogens is 2. The third-order valence-corrected chi connectivity index (χ3v) is 4.98. The van der Waals surface area contributed by atoms with Crippen molar-refractivity contribution in [2.75, 3.05) is 6.54 Å². The number of carbonyl (C=O) groups excluding carboxylic acids is 2. The minimum Gasteiger partial charge on any atom is -0.485 e. The van der Waals surface area contributed by atoms with E-state index in [9.17, 15) is 18.4 Å². The first-order valence-corrected chi connectivity index (χ1v) is 11.2. The zero-order chi connectivity index (χ0) is 25.9. The molecule has 188 valence electrons. The van der Waals surface area contributed by atoms with E-state index < -0.39 is 35.3 Å². The van der Waals surface area contributed by atoms with Crippen molar-refractivity contribution in [3.8, 4) is 5.75 Å². The lowest BCUT2D eigenvalue weighted by Gasteiger charge is -2.21. The summed E-state index contributed by atoms with van der Waals surface area (Å²) in [6.07, 6.45) is 1.15. The molecule has 8 nitrogen and oxygen atoms in total. The van der Waals surface area contributed by atoms with Gasteiger partial charge in [-0.1, -0.05) is 6.07 Å². The Bertz CT molecular complexity index is 1230. The van der Waals surface area contributed by atoms with Gasteiger partial charge in [0.2, 0.25) is 0 Å². The molecule has 0 spiro atoms. The lowest BCUT2D eigenvalue weighted by atomic mass is 10.2. The second kappa shape index (κ2) is 10.3. The molecule has 0 radical (unpaired) electrons. The Morgan fingerprint density at radius 3 is 2.46 bits per heavy atom. The highest BCUT2D eigenvalue weighted by Crippen LogP contribution is 2.26. The number of pyridine rings is 1. The lowest BCUT2D eigenvalue weighted by molar-refractivity contribution is 0.0521. The third kappa shape index (κ3) is 6.46. The molecule has 1 unspecified atom stereocenters. The molecule has 1 atom stereocenters. The molecule has 0 saturated carbocycles. The van der Waals surface area contributed by atoms with Gasteiger partial charge in [-0.05, 0) is 65.3 Å². The summed E-state index contributed by atoms with van der Waals surface area (Å²) in [7, 11) is 0. The molecule has 2 heterocycles. The number of fused-ring (bicyclic) bond motifs is 1. The van der Waals surface area contributed by atoms with Crippen molar-refractivity contribution < 1.29 is 27.8 Å². The quantitative estimate of drug-likeness (QED) is 0.513. The normalized spacial score (nSPS) is 12.3. The molecule has 2 aromatic heterocycles. The Kier molecular flexibility index (Phi) is 7.62. The third-order valence-electron chi connectivity index (χ3n) is 4.98. The average molecular weight is 489 g/mol. The van der Waals surface area contributed by atoms with Crippen LogP contribution < -0.4 is 15.4 Å². The number of imidazole rings is 1. The van der Waals surface area contributed by atoms with Gasteiger partial charge in [0.25, 0.3) is 5.91 Å². The maximum atomic E-state index is 14.0. The second-order valence-electron chi connectivity index (χ2n) is 9.37. The van der Waals surface area contributed by atoms with Gasteiger partial charge in [-0.15, -0.1) is 0 Å². The lowest BCUT2D eigenvalue weighted by Crippen LogP contribution is -2.43. The van der Waals surface area contributed by atoms with Crippen LogP contribution in [0.2, 0.25) is 0 Å². The number of alkyl carbamates (subject to hydrolysis) is 1. The number of carbonyl (C=O) groups is 2. The molecule has 0 aliphatic rings. The van der Waals surface area contributed by atoms with E-state index in [1.807, 2.05) is 0 Å². The molecule has 10 heteroatoms. The summed E-state index contributed by atoms with van der Waals surface area (Å²) in [5.74, 6) is -1.52. The fraction of sp³-hybridized carbons (Fsp3) is 0.400. The van der Waals surface area contributed by atoms with Crippen LogP contribution in [0.25, 0.3) is 5.65 Å². The van der Waals surface area contributed by atoms with Gasteiger partial charge in [0.05, 0.1) is 11.3 Å². The molecule has 0 fully saturated rings. The Morgan fingerprint density at radius 2 is 1.83 bits per heavy atom. The number of hydrogen-bond donors (Lipinski definition) is 2. The maximum Gasteiger partial charge on any atom is 0.407 e. The molecule has 0 saturated heterocycles. The van der Waals surface area contributed by atoms with E-state index in [-0.39, 0.29) is 30.2 Å². The van der Waals surface area contributed by atoms with Crippen molar-refractivity contribution in [3.63, 3.8) is 0 Å². The molecule has 0 aliphatic heterocycles. The first kappa shape index (κ1) is 25.9.